The fraction of sp³-hybridized carbons (Fsp3) is 0.250. The third-order valence-electron chi connectivity index (χ3n) is 2.13. The van der Waals surface area contributed by atoms with E-state index in [1.165, 1.54) is 0 Å². The summed E-state index contributed by atoms with van der Waals surface area (Å²) < 4.78 is 0. The van der Waals surface area contributed by atoms with Crippen LogP contribution < -0.4 is 5.32 Å². The first-order chi connectivity index (χ1) is 8.04. The zero-order valence-corrected chi connectivity index (χ0v) is 11.3. The van der Waals surface area contributed by atoms with Gasteiger partial charge in [0.15, 0.2) is 0 Å². The Hall–Kier alpha value is -0.700. The van der Waals surface area contributed by atoms with E-state index in [9.17, 15) is 4.79 Å². The van der Waals surface area contributed by atoms with E-state index in [-0.39, 0.29) is 5.91 Å². The Kier molecular flexibility index (Phi) is 5.83. The molecule has 0 bridgehead atoms. The van der Waals surface area contributed by atoms with Crippen LogP contribution in [0.1, 0.15) is 12.0 Å². The van der Waals surface area contributed by atoms with Crippen molar-refractivity contribution in [1.29, 1.82) is 0 Å². The number of carbonyl (C=O) groups excluding carboxylic acids is 1. The molecule has 0 saturated heterocycles. The first-order valence-corrected chi connectivity index (χ1v) is 6.20. The quantitative estimate of drug-likeness (QED) is 0.649. The van der Waals surface area contributed by atoms with E-state index in [2.05, 4.69) is 11.9 Å². The minimum atomic E-state index is -0.599. The molecule has 0 aliphatic carbocycles. The summed E-state index contributed by atoms with van der Waals surface area (Å²) in [6.45, 7) is 3.85. The molecule has 1 rings (SSSR count). The molecule has 0 aromatic heterocycles. The molecule has 1 aromatic carbocycles. The van der Waals surface area contributed by atoms with Crippen LogP contribution in [0.15, 0.2) is 30.9 Å². The molecule has 0 radical (unpaired) electrons. The lowest BCUT2D eigenvalue weighted by molar-refractivity contribution is -0.120. The average molecular weight is 293 g/mol. The van der Waals surface area contributed by atoms with E-state index in [0.29, 0.717) is 23.0 Å². The molecule has 0 aliphatic heterocycles. The minimum Gasteiger partial charge on any atom is -0.351 e. The average Bonchev–Trinajstić information content (AvgIpc) is 2.27. The number of rotatable bonds is 5. The molecule has 1 amide bonds. The molecule has 0 aliphatic rings. The van der Waals surface area contributed by atoms with Crippen LogP contribution in [0.25, 0.3) is 0 Å². The zero-order chi connectivity index (χ0) is 12.8. The van der Waals surface area contributed by atoms with Gasteiger partial charge in [0.25, 0.3) is 0 Å². The molecule has 1 unspecified atom stereocenters. The van der Waals surface area contributed by atoms with Crippen LogP contribution in [0.3, 0.4) is 0 Å². The molecule has 0 saturated carbocycles. The summed E-state index contributed by atoms with van der Waals surface area (Å²) in [7, 11) is 0. The van der Waals surface area contributed by atoms with E-state index in [1.54, 1.807) is 24.3 Å². The number of hydrogen-bond acceptors (Lipinski definition) is 1. The number of halogens is 3. The minimum absolute atomic E-state index is 0.238. The monoisotopic (exact) mass is 291 g/mol. The highest BCUT2D eigenvalue weighted by Crippen LogP contribution is 2.20. The van der Waals surface area contributed by atoms with Crippen LogP contribution in [-0.4, -0.2) is 11.3 Å². The van der Waals surface area contributed by atoms with Gasteiger partial charge in [0.1, 0.15) is 5.38 Å². The van der Waals surface area contributed by atoms with E-state index in [1.807, 2.05) is 0 Å². The second-order valence-corrected chi connectivity index (χ2v) is 4.82. The predicted molar refractivity (Wildman–Crippen MR) is 72.8 cm³/mol. The molecule has 2 nitrogen and oxygen atoms in total. The van der Waals surface area contributed by atoms with Gasteiger partial charge in [-0.05, 0) is 24.1 Å². The summed E-state index contributed by atoms with van der Waals surface area (Å²) in [6, 6.07) is 5.12. The molecule has 1 aromatic rings. The van der Waals surface area contributed by atoms with Crippen molar-refractivity contribution in [2.24, 2.45) is 0 Å². The van der Waals surface area contributed by atoms with Crippen molar-refractivity contribution >= 4 is 40.7 Å². The molecule has 0 fully saturated rings. The van der Waals surface area contributed by atoms with Gasteiger partial charge < -0.3 is 5.32 Å². The maximum atomic E-state index is 11.5. The van der Waals surface area contributed by atoms with Crippen molar-refractivity contribution in [2.75, 3.05) is 0 Å². The number of carbonyl (C=O) groups is 1. The summed E-state index contributed by atoms with van der Waals surface area (Å²) in [5, 5.41) is 3.18. The molecular formula is C12H12Cl3NO. The van der Waals surface area contributed by atoms with Crippen molar-refractivity contribution in [3.63, 3.8) is 0 Å². The number of allylic oxidation sites excluding steroid dienone is 1. The number of amides is 1. The molecule has 0 heterocycles. The van der Waals surface area contributed by atoms with Crippen LogP contribution >= 0.6 is 34.8 Å². The van der Waals surface area contributed by atoms with Crippen LogP contribution in [-0.2, 0) is 11.3 Å². The van der Waals surface area contributed by atoms with Gasteiger partial charge in [-0.2, -0.15) is 0 Å². The van der Waals surface area contributed by atoms with Gasteiger partial charge in [-0.3, -0.25) is 4.79 Å². The fourth-order valence-electron chi connectivity index (χ4n) is 1.21. The van der Waals surface area contributed by atoms with Gasteiger partial charge in [-0.15, -0.1) is 18.2 Å². The second kappa shape index (κ2) is 6.90. The Labute approximate surface area is 116 Å². The molecule has 0 spiro atoms. The largest absolute Gasteiger partial charge is 0.351 e. The Balaban J connectivity index is 2.55. The van der Waals surface area contributed by atoms with E-state index in [4.69, 9.17) is 34.8 Å². The molecular weight excluding hydrogens is 280 g/mol. The first-order valence-electron chi connectivity index (χ1n) is 5.01. The van der Waals surface area contributed by atoms with Crippen LogP contribution in [0.2, 0.25) is 10.0 Å². The van der Waals surface area contributed by atoms with Gasteiger partial charge in [-0.1, -0.05) is 35.3 Å². The third kappa shape index (κ3) is 4.58. The summed E-state index contributed by atoms with van der Waals surface area (Å²) >= 11 is 17.6. The lowest BCUT2D eigenvalue weighted by atomic mass is 10.2. The lowest BCUT2D eigenvalue weighted by Crippen LogP contribution is -2.30. The van der Waals surface area contributed by atoms with Gasteiger partial charge in [0.2, 0.25) is 5.91 Å². The summed E-state index contributed by atoms with van der Waals surface area (Å²) in [6.07, 6.45) is 2.04. The topological polar surface area (TPSA) is 29.1 Å². The van der Waals surface area contributed by atoms with Crippen molar-refractivity contribution in [2.45, 2.75) is 18.3 Å². The van der Waals surface area contributed by atoms with Crippen LogP contribution in [0.4, 0.5) is 0 Å². The summed E-state index contributed by atoms with van der Waals surface area (Å²) in [5.41, 5.74) is 0.798. The summed E-state index contributed by atoms with van der Waals surface area (Å²) in [5.74, 6) is -0.238. The van der Waals surface area contributed by atoms with Crippen molar-refractivity contribution in [3.05, 3.63) is 46.5 Å². The number of benzene rings is 1. The number of nitrogens with one attached hydrogen (secondary N) is 1. The highest BCUT2D eigenvalue weighted by molar-refractivity contribution is 6.35. The van der Waals surface area contributed by atoms with E-state index >= 15 is 0 Å². The van der Waals surface area contributed by atoms with Crippen LogP contribution in [0.5, 0.6) is 0 Å². The van der Waals surface area contributed by atoms with Crippen molar-refractivity contribution in [1.82, 2.24) is 5.32 Å². The zero-order valence-electron chi connectivity index (χ0n) is 9.05. The lowest BCUT2D eigenvalue weighted by Gasteiger charge is -2.10. The van der Waals surface area contributed by atoms with Gasteiger partial charge in [0, 0.05) is 16.6 Å². The first kappa shape index (κ1) is 14.4. The standard InChI is InChI=1S/C12H12Cl3NO/c1-2-3-10(14)12(17)16-7-8-4-5-9(13)6-11(8)15/h2,4-6,10H,1,3,7H2,(H,16,17). The van der Waals surface area contributed by atoms with Crippen molar-refractivity contribution in [3.8, 4) is 0 Å². The Morgan fingerprint density at radius 2 is 2.18 bits per heavy atom. The van der Waals surface area contributed by atoms with E-state index in [0.717, 1.165) is 5.56 Å². The Bertz CT molecular complexity index is 420. The highest BCUT2D eigenvalue weighted by Gasteiger charge is 2.13. The molecule has 5 heteroatoms. The SMILES string of the molecule is C=CCC(Cl)C(=O)NCc1ccc(Cl)cc1Cl. The Morgan fingerprint density at radius 3 is 2.76 bits per heavy atom. The van der Waals surface area contributed by atoms with Gasteiger partial charge >= 0.3 is 0 Å². The maximum absolute atomic E-state index is 11.5. The third-order valence-corrected chi connectivity index (χ3v) is 3.09. The van der Waals surface area contributed by atoms with Gasteiger partial charge in [-0.25, -0.2) is 0 Å². The molecule has 1 N–H and O–H groups in total. The second-order valence-electron chi connectivity index (χ2n) is 3.45. The Morgan fingerprint density at radius 1 is 1.47 bits per heavy atom. The number of alkyl halides is 1. The normalized spacial score (nSPS) is 11.9. The summed E-state index contributed by atoms with van der Waals surface area (Å²) in [4.78, 5) is 11.5. The van der Waals surface area contributed by atoms with Crippen LogP contribution in [0, 0.1) is 0 Å². The predicted octanol–water partition coefficient (Wildman–Crippen LogP) is 3.79. The molecule has 92 valence electrons. The van der Waals surface area contributed by atoms with Crippen molar-refractivity contribution < 1.29 is 4.79 Å². The smallest absolute Gasteiger partial charge is 0.238 e. The maximum Gasteiger partial charge on any atom is 0.238 e. The van der Waals surface area contributed by atoms with Gasteiger partial charge in [0.05, 0.1) is 0 Å². The number of hydrogen-bond donors (Lipinski definition) is 1. The highest BCUT2D eigenvalue weighted by atomic mass is 35.5. The molecule has 17 heavy (non-hydrogen) atoms. The van der Waals surface area contributed by atoms with E-state index < -0.39 is 5.38 Å². The fourth-order valence-corrected chi connectivity index (χ4v) is 1.89. The molecule has 1 atom stereocenters.